The number of benzene rings is 1. The highest BCUT2D eigenvalue weighted by molar-refractivity contribution is 5.67. The van der Waals surface area contributed by atoms with Gasteiger partial charge in [0.15, 0.2) is 0 Å². The van der Waals surface area contributed by atoms with Gasteiger partial charge in [-0.15, -0.1) is 0 Å². The number of hydrogen-bond donors (Lipinski definition) is 2. The van der Waals surface area contributed by atoms with Crippen LogP contribution in [0.5, 0.6) is 0 Å². The van der Waals surface area contributed by atoms with Crippen molar-refractivity contribution in [3.63, 3.8) is 0 Å². The van der Waals surface area contributed by atoms with E-state index in [0.29, 0.717) is 12.1 Å². The molecule has 1 aromatic rings. The van der Waals surface area contributed by atoms with Gasteiger partial charge >= 0.3 is 5.97 Å². The number of nitriles is 1. The highest BCUT2D eigenvalue weighted by Gasteiger charge is 2.25. The Labute approximate surface area is 112 Å². The van der Waals surface area contributed by atoms with Gasteiger partial charge in [0.25, 0.3) is 0 Å². The van der Waals surface area contributed by atoms with Gasteiger partial charge < -0.3 is 15.3 Å². The van der Waals surface area contributed by atoms with Crippen molar-refractivity contribution < 1.29 is 9.90 Å². The minimum Gasteiger partial charge on any atom is -0.481 e. The molecule has 2 atom stereocenters. The minimum absolute atomic E-state index is 0.0630. The molecule has 1 aliphatic heterocycles. The first-order chi connectivity index (χ1) is 9.08. The molecule has 1 saturated heterocycles. The smallest absolute Gasteiger partial charge is 0.304 e. The number of carboxylic acids is 1. The van der Waals surface area contributed by atoms with Crippen LogP contribution in [0.25, 0.3) is 0 Å². The number of hydrogen-bond acceptors (Lipinski definition) is 4. The topological polar surface area (TPSA) is 76.4 Å². The predicted octanol–water partition coefficient (Wildman–Crippen LogP) is 1.20. The Balaban J connectivity index is 2.14. The van der Waals surface area contributed by atoms with Crippen molar-refractivity contribution in [1.29, 1.82) is 5.26 Å². The van der Waals surface area contributed by atoms with Crippen LogP contribution in [0.4, 0.5) is 5.69 Å². The fourth-order valence-corrected chi connectivity index (χ4v) is 2.50. The van der Waals surface area contributed by atoms with Crippen molar-refractivity contribution in [2.45, 2.75) is 25.4 Å². The van der Waals surface area contributed by atoms with Gasteiger partial charge in [-0.25, -0.2) is 0 Å². The van der Waals surface area contributed by atoms with Crippen molar-refractivity contribution in [1.82, 2.24) is 5.32 Å². The average molecular weight is 259 g/mol. The lowest BCUT2D eigenvalue weighted by molar-refractivity contribution is -0.137. The zero-order valence-electron chi connectivity index (χ0n) is 10.8. The highest BCUT2D eigenvalue weighted by Crippen LogP contribution is 2.19. The number of rotatable bonds is 3. The van der Waals surface area contributed by atoms with E-state index in [1.165, 1.54) is 0 Å². The number of anilines is 1. The molecule has 0 spiro atoms. The molecule has 0 radical (unpaired) electrons. The lowest BCUT2D eigenvalue weighted by Gasteiger charge is -2.38. The van der Waals surface area contributed by atoms with Crippen LogP contribution in [0, 0.1) is 11.3 Å². The van der Waals surface area contributed by atoms with Gasteiger partial charge in [-0.05, 0) is 25.1 Å². The molecule has 1 fully saturated rings. The number of aliphatic carboxylic acids is 1. The summed E-state index contributed by atoms with van der Waals surface area (Å²) in [7, 11) is 0. The summed E-state index contributed by atoms with van der Waals surface area (Å²) in [6, 6.07) is 9.71. The van der Waals surface area contributed by atoms with Crippen LogP contribution in [0.1, 0.15) is 18.9 Å². The molecule has 2 rings (SSSR count). The molecule has 19 heavy (non-hydrogen) atoms. The normalized spacial score (nSPS) is 22.8. The maximum atomic E-state index is 10.8. The third-order valence-electron chi connectivity index (χ3n) is 3.22. The Morgan fingerprint density at radius 2 is 2.37 bits per heavy atom. The highest BCUT2D eigenvalue weighted by atomic mass is 16.4. The lowest BCUT2D eigenvalue weighted by Crippen LogP contribution is -2.56. The molecule has 0 saturated carbocycles. The average Bonchev–Trinajstić information content (AvgIpc) is 2.37. The Hall–Kier alpha value is -2.06. The molecule has 2 unspecified atom stereocenters. The Morgan fingerprint density at radius 1 is 1.58 bits per heavy atom. The molecule has 1 aromatic carbocycles. The van der Waals surface area contributed by atoms with E-state index in [2.05, 4.69) is 16.3 Å². The molecule has 0 bridgehead atoms. The Kier molecular flexibility index (Phi) is 4.03. The Bertz CT molecular complexity index is 510. The van der Waals surface area contributed by atoms with E-state index in [0.717, 1.165) is 12.2 Å². The van der Waals surface area contributed by atoms with E-state index in [-0.39, 0.29) is 18.5 Å². The summed E-state index contributed by atoms with van der Waals surface area (Å²) in [5, 5.41) is 21.1. The molecule has 0 aliphatic carbocycles. The molecule has 1 aliphatic rings. The number of nitrogens with zero attached hydrogens (tertiary/aromatic N) is 2. The molecule has 5 nitrogen and oxygen atoms in total. The largest absolute Gasteiger partial charge is 0.481 e. The lowest BCUT2D eigenvalue weighted by atomic mass is 10.1. The molecular formula is C14H17N3O2. The van der Waals surface area contributed by atoms with Gasteiger partial charge in [0.1, 0.15) is 0 Å². The minimum atomic E-state index is -0.794. The van der Waals surface area contributed by atoms with Crippen LogP contribution < -0.4 is 10.2 Å². The number of nitrogens with one attached hydrogen (secondary N) is 1. The summed E-state index contributed by atoms with van der Waals surface area (Å²) >= 11 is 0. The predicted molar refractivity (Wildman–Crippen MR) is 72.0 cm³/mol. The van der Waals surface area contributed by atoms with Gasteiger partial charge in [-0.1, -0.05) is 6.07 Å². The Morgan fingerprint density at radius 3 is 3.05 bits per heavy atom. The second-order valence-electron chi connectivity index (χ2n) is 4.93. The van der Waals surface area contributed by atoms with E-state index in [1.807, 2.05) is 25.1 Å². The zero-order valence-corrected chi connectivity index (χ0v) is 10.8. The van der Waals surface area contributed by atoms with Crippen LogP contribution in [-0.2, 0) is 4.79 Å². The quantitative estimate of drug-likeness (QED) is 0.853. The SMILES string of the molecule is CC1CN(c2cccc(C#N)c2)CC(CC(=O)O)N1. The number of carbonyl (C=O) groups is 1. The van der Waals surface area contributed by atoms with E-state index < -0.39 is 5.97 Å². The maximum absolute atomic E-state index is 10.8. The number of carboxylic acid groups (broad SMARTS) is 1. The van der Waals surface area contributed by atoms with Gasteiger partial charge in [0.2, 0.25) is 0 Å². The van der Waals surface area contributed by atoms with E-state index in [4.69, 9.17) is 10.4 Å². The second-order valence-corrected chi connectivity index (χ2v) is 4.93. The van der Waals surface area contributed by atoms with Crippen LogP contribution >= 0.6 is 0 Å². The van der Waals surface area contributed by atoms with Crippen molar-refractivity contribution >= 4 is 11.7 Å². The van der Waals surface area contributed by atoms with Crippen molar-refractivity contribution in [2.75, 3.05) is 18.0 Å². The summed E-state index contributed by atoms with van der Waals surface area (Å²) < 4.78 is 0. The molecule has 2 N–H and O–H groups in total. The third-order valence-corrected chi connectivity index (χ3v) is 3.22. The molecular weight excluding hydrogens is 242 g/mol. The molecule has 0 aromatic heterocycles. The molecule has 5 heteroatoms. The van der Waals surface area contributed by atoms with Gasteiger partial charge in [0.05, 0.1) is 18.1 Å². The standard InChI is InChI=1S/C14H17N3O2/c1-10-8-17(9-12(16-10)6-14(18)19)13-4-2-3-11(5-13)7-15/h2-5,10,12,16H,6,8-9H2,1H3,(H,18,19). The fraction of sp³-hybridized carbons (Fsp3) is 0.429. The van der Waals surface area contributed by atoms with E-state index in [9.17, 15) is 4.79 Å². The van der Waals surface area contributed by atoms with Gasteiger partial charge in [0, 0.05) is 30.9 Å². The van der Waals surface area contributed by atoms with Crippen molar-refractivity contribution in [2.24, 2.45) is 0 Å². The fourth-order valence-electron chi connectivity index (χ4n) is 2.50. The molecule has 100 valence electrons. The van der Waals surface area contributed by atoms with E-state index >= 15 is 0 Å². The molecule has 1 heterocycles. The molecule has 0 amide bonds. The first kappa shape index (κ1) is 13.4. The van der Waals surface area contributed by atoms with Crippen LogP contribution in [0.2, 0.25) is 0 Å². The summed E-state index contributed by atoms with van der Waals surface area (Å²) in [6.07, 6.45) is 0.110. The summed E-state index contributed by atoms with van der Waals surface area (Å²) in [6.45, 7) is 3.49. The summed E-state index contributed by atoms with van der Waals surface area (Å²) in [5.74, 6) is -0.794. The van der Waals surface area contributed by atoms with Crippen LogP contribution in [0.3, 0.4) is 0 Å². The zero-order chi connectivity index (χ0) is 13.8. The number of piperazine rings is 1. The summed E-state index contributed by atoms with van der Waals surface area (Å²) in [5.41, 5.74) is 1.60. The second kappa shape index (κ2) is 5.72. The van der Waals surface area contributed by atoms with Crippen LogP contribution in [-0.4, -0.2) is 36.2 Å². The van der Waals surface area contributed by atoms with Crippen molar-refractivity contribution in [3.05, 3.63) is 29.8 Å². The summed E-state index contributed by atoms with van der Waals surface area (Å²) in [4.78, 5) is 13.0. The van der Waals surface area contributed by atoms with Crippen LogP contribution in [0.15, 0.2) is 24.3 Å². The third kappa shape index (κ3) is 3.46. The van der Waals surface area contributed by atoms with Crippen molar-refractivity contribution in [3.8, 4) is 6.07 Å². The first-order valence-corrected chi connectivity index (χ1v) is 6.31. The first-order valence-electron chi connectivity index (χ1n) is 6.31. The maximum Gasteiger partial charge on any atom is 0.304 e. The monoisotopic (exact) mass is 259 g/mol. The van der Waals surface area contributed by atoms with Gasteiger partial charge in [-0.3, -0.25) is 4.79 Å². The van der Waals surface area contributed by atoms with Gasteiger partial charge in [-0.2, -0.15) is 5.26 Å². The van der Waals surface area contributed by atoms with E-state index in [1.54, 1.807) is 6.07 Å².